The molecule has 172 valence electrons. The largest absolute Gasteiger partial charge is 0.402 e. The quantitative estimate of drug-likeness (QED) is 0.320. The number of aromatic nitrogens is 2. The lowest BCUT2D eigenvalue weighted by Crippen LogP contribution is -2.33. The first kappa shape index (κ1) is 24.1. The summed E-state index contributed by atoms with van der Waals surface area (Å²) >= 11 is 1.40. The number of aliphatic imine (C=N–C) groups is 1. The zero-order valence-electron chi connectivity index (χ0n) is 18.8. The van der Waals surface area contributed by atoms with Crippen LogP contribution in [-0.4, -0.2) is 34.8 Å². The standard InChI is InChI=1S/C23H28N8OS/c1-3-22(32)27-17-4-6-18(7-5-17)33-23-29-20(28-19(26)12-15(2)25)13-21(30-23)31-10-8-16(14-24)9-11-31/h4-7,12-13,16H,3,8-11,25H2,1-2H3,(H,27,32)(H2,26,28,29,30). The van der Waals surface area contributed by atoms with Crippen molar-refractivity contribution in [3.63, 3.8) is 0 Å². The Bertz CT molecular complexity index is 1080. The fraction of sp³-hybridized carbons (Fsp3) is 0.348. The first-order valence-corrected chi connectivity index (χ1v) is 11.6. The van der Waals surface area contributed by atoms with Gasteiger partial charge in [0.05, 0.1) is 6.07 Å². The summed E-state index contributed by atoms with van der Waals surface area (Å²) in [5.74, 6) is 1.49. The number of piperidine rings is 1. The Morgan fingerprint density at radius 3 is 2.61 bits per heavy atom. The van der Waals surface area contributed by atoms with Gasteiger partial charge in [-0.2, -0.15) is 5.26 Å². The van der Waals surface area contributed by atoms with Gasteiger partial charge in [-0.15, -0.1) is 0 Å². The maximum atomic E-state index is 11.6. The molecule has 0 spiro atoms. The molecule has 0 atom stereocenters. The van der Waals surface area contributed by atoms with Gasteiger partial charge in [0, 0.05) is 47.8 Å². The third kappa shape index (κ3) is 7.22. The summed E-state index contributed by atoms with van der Waals surface area (Å²) in [5, 5.41) is 12.5. The van der Waals surface area contributed by atoms with Crippen molar-refractivity contribution in [2.75, 3.05) is 23.3 Å². The number of benzene rings is 1. The number of anilines is 2. The second-order valence-electron chi connectivity index (χ2n) is 7.71. The molecule has 0 radical (unpaired) electrons. The molecule has 1 aliphatic heterocycles. The van der Waals surface area contributed by atoms with Crippen molar-refractivity contribution in [3.8, 4) is 6.07 Å². The van der Waals surface area contributed by atoms with Gasteiger partial charge in [0.1, 0.15) is 11.7 Å². The molecule has 0 bridgehead atoms. The van der Waals surface area contributed by atoms with E-state index < -0.39 is 0 Å². The highest BCUT2D eigenvalue weighted by molar-refractivity contribution is 7.99. The van der Waals surface area contributed by atoms with E-state index >= 15 is 0 Å². The van der Waals surface area contributed by atoms with E-state index in [0.717, 1.165) is 42.3 Å². The lowest BCUT2D eigenvalue weighted by molar-refractivity contribution is -0.115. The fourth-order valence-corrected chi connectivity index (χ4v) is 4.02. The molecule has 1 fully saturated rings. The van der Waals surface area contributed by atoms with E-state index in [1.165, 1.54) is 11.8 Å². The molecular weight excluding hydrogens is 436 g/mol. The average Bonchev–Trinajstić information content (AvgIpc) is 2.79. The average molecular weight is 465 g/mol. The Morgan fingerprint density at radius 1 is 1.30 bits per heavy atom. The number of nitriles is 1. The molecule has 1 aromatic heterocycles. The van der Waals surface area contributed by atoms with Gasteiger partial charge in [-0.1, -0.05) is 6.92 Å². The highest BCUT2D eigenvalue weighted by atomic mass is 32.2. The van der Waals surface area contributed by atoms with Gasteiger partial charge in [0.15, 0.2) is 11.0 Å². The third-order valence-corrected chi connectivity index (χ3v) is 5.84. The number of hydrogen-bond acceptors (Lipinski definition) is 8. The van der Waals surface area contributed by atoms with Crippen LogP contribution < -0.4 is 21.7 Å². The minimum atomic E-state index is -0.0338. The number of amides is 1. The van der Waals surface area contributed by atoms with Gasteiger partial charge >= 0.3 is 0 Å². The van der Waals surface area contributed by atoms with E-state index in [0.29, 0.717) is 23.1 Å². The number of allylic oxidation sites excluding steroid dienone is 1. The van der Waals surface area contributed by atoms with Crippen LogP contribution in [0.4, 0.5) is 17.3 Å². The summed E-state index contributed by atoms with van der Waals surface area (Å²) in [4.78, 5) is 28.3. The van der Waals surface area contributed by atoms with Crippen LogP contribution in [0.1, 0.15) is 33.1 Å². The molecule has 0 aliphatic carbocycles. The second kappa shape index (κ2) is 11.3. The van der Waals surface area contributed by atoms with E-state index in [9.17, 15) is 10.1 Å². The molecule has 1 amide bonds. The summed E-state index contributed by atoms with van der Waals surface area (Å²) < 4.78 is 0. The number of nitrogens with zero attached hydrogens (tertiary/aromatic N) is 5. The molecule has 0 saturated carbocycles. The fourth-order valence-electron chi connectivity index (χ4n) is 3.26. The molecule has 2 aromatic rings. The number of hydrogen-bond donors (Lipinski definition) is 3. The van der Waals surface area contributed by atoms with E-state index in [1.807, 2.05) is 31.2 Å². The summed E-state index contributed by atoms with van der Waals surface area (Å²) in [6.07, 6.45) is 3.60. The normalized spacial score (nSPS) is 15.2. The number of carbonyl (C=O) groups is 1. The van der Waals surface area contributed by atoms with Crippen molar-refractivity contribution >= 4 is 40.8 Å². The second-order valence-corrected chi connectivity index (χ2v) is 8.75. The minimum absolute atomic E-state index is 0.0338. The third-order valence-electron chi connectivity index (χ3n) is 4.97. The number of rotatable bonds is 7. The Morgan fingerprint density at radius 2 is 2.00 bits per heavy atom. The molecule has 33 heavy (non-hydrogen) atoms. The van der Waals surface area contributed by atoms with Crippen LogP contribution in [0.15, 0.2) is 57.1 Å². The highest BCUT2D eigenvalue weighted by Crippen LogP contribution is 2.31. The van der Waals surface area contributed by atoms with Crippen LogP contribution in [0.5, 0.6) is 0 Å². The minimum Gasteiger partial charge on any atom is -0.402 e. The summed E-state index contributed by atoms with van der Waals surface area (Å²) in [6, 6.07) is 11.6. The van der Waals surface area contributed by atoms with Crippen molar-refractivity contribution < 1.29 is 4.79 Å². The smallest absolute Gasteiger partial charge is 0.224 e. The summed E-state index contributed by atoms with van der Waals surface area (Å²) in [6.45, 7) is 5.03. The lowest BCUT2D eigenvalue weighted by atomic mass is 9.99. The lowest BCUT2D eigenvalue weighted by Gasteiger charge is -2.30. The molecule has 2 heterocycles. The van der Waals surface area contributed by atoms with Crippen molar-refractivity contribution in [2.45, 2.75) is 43.2 Å². The zero-order valence-corrected chi connectivity index (χ0v) is 19.6. The molecule has 9 nitrogen and oxygen atoms in total. The van der Waals surface area contributed by atoms with Crippen LogP contribution in [0.3, 0.4) is 0 Å². The molecule has 5 N–H and O–H groups in total. The molecular formula is C23H28N8OS. The van der Waals surface area contributed by atoms with Gasteiger partial charge in [-0.25, -0.2) is 15.0 Å². The van der Waals surface area contributed by atoms with Crippen molar-refractivity contribution in [1.29, 1.82) is 5.26 Å². The van der Waals surface area contributed by atoms with Crippen molar-refractivity contribution in [3.05, 3.63) is 42.1 Å². The number of carbonyl (C=O) groups excluding carboxylic acids is 1. The SMILES string of the molecule is CCC(=O)Nc1ccc(Sc2nc(N=C(N)C=C(C)N)cc(N3CCC(C#N)CC3)n2)cc1. The summed E-state index contributed by atoms with van der Waals surface area (Å²) in [7, 11) is 0. The Kier molecular flexibility index (Phi) is 8.27. The topological polar surface area (TPSA) is 146 Å². The predicted molar refractivity (Wildman–Crippen MR) is 131 cm³/mol. The predicted octanol–water partition coefficient (Wildman–Crippen LogP) is 3.57. The highest BCUT2D eigenvalue weighted by Gasteiger charge is 2.21. The zero-order chi connectivity index (χ0) is 23.8. The Hall–Kier alpha value is -3.58. The Labute approximate surface area is 198 Å². The van der Waals surface area contributed by atoms with Crippen LogP contribution >= 0.6 is 11.8 Å². The monoisotopic (exact) mass is 464 g/mol. The number of nitrogens with two attached hydrogens (primary N) is 2. The molecule has 10 heteroatoms. The van der Waals surface area contributed by atoms with Crippen molar-refractivity contribution in [1.82, 2.24) is 9.97 Å². The van der Waals surface area contributed by atoms with E-state index in [4.69, 9.17) is 16.5 Å². The molecule has 3 rings (SSSR count). The van der Waals surface area contributed by atoms with Gasteiger partial charge < -0.3 is 21.7 Å². The first-order valence-electron chi connectivity index (χ1n) is 10.8. The van der Waals surface area contributed by atoms with Crippen LogP contribution in [-0.2, 0) is 4.79 Å². The maximum Gasteiger partial charge on any atom is 0.224 e. The van der Waals surface area contributed by atoms with Gasteiger partial charge in [-0.05, 0) is 61.9 Å². The van der Waals surface area contributed by atoms with E-state index in [1.54, 1.807) is 19.1 Å². The van der Waals surface area contributed by atoms with E-state index in [-0.39, 0.29) is 17.7 Å². The molecule has 1 aliphatic rings. The van der Waals surface area contributed by atoms with Gasteiger partial charge in [0.2, 0.25) is 5.91 Å². The van der Waals surface area contributed by atoms with Gasteiger partial charge in [-0.3, -0.25) is 4.79 Å². The Balaban J connectivity index is 1.86. The van der Waals surface area contributed by atoms with Crippen LogP contribution in [0.2, 0.25) is 0 Å². The van der Waals surface area contributed by atoms with Gasteiger partial charge in [0.25, 0.3) is 0 Å². The van der Waals surface area contributed by atoms with E-state index in [2.05, 4.69) is 26.3 Å². The summed E-state index contributed by atoms with van der Waals surface area (Å²) in [5.41, 5.74) is 13.0. The number of nitrogens with one attached hydrogen (secondary N) is 1. The van der Waals surface area contributed by atoms with Crippen molar-refractivity contribution in [2.24, 2.45) is 22.4 Å². The van der Waals surface area contributed by atoms with Crippen LogP contribution in [0, 0.1) is 17.2 Å². The number of amidine groups is 1. The molecule has 1 saturated heterocycles. The van der Waals surface area contributed by atoms with Crippen LogP contribution in [0.25, 0.3) is 0 Å². The molecule has 0 unspecified atom stereocenters. The first-order chi connectivity index (χ1) is 15.9. The molecule has 1 aromatic carbocycles. The maximum absolute atomic E-state index is 11.6.